The van der Waals surface area contributed by atoms with E-state index in [1.54, 1.807) is 0 Å². The summed E-state index contributed by atoms with van der Waals surface area (Å²) in [5.74, 6) is -0.706. The predicted octanol–water partition coefficient (Wildman–Crippen LogP) is 2.63. The maximum atomic E-state index is 12.1. The van der Waals surface area contributed by atoms with Gasteiger partial charge in [0.05, 0.1) is 30.9 Å². The zero-order valence-corrected chi connectivity index (χ0v) is 24.9. The van der Waals surface area contributed by atoms with Gasteiger partial charge in [-0.1, -0.05) is 30.2 Å². The van der Waals surface area contributed by atoms with Crippen molar-refractivity contribution >= 4 is 29.3 Å². The van der Waals surface area contributed by atoms with Gasteiger partial charge in [0.1, 0.15) is 18.0 Å². The number of carbonyl (C=O) groups excluding carboxylic acids is 2. The Kier molecular flexibility index (Phi) is 16.0. The third-order valence-corrected chi connectivity index (χ3v) is 7.05. The molecule has 1 aromatic carbocycles. The number of piperidine rings is 1. The van der Waals surface area contributed by atoms with Gasteiger partial charge in [0.25, 0.3) is 5.91 Å². The summed E-state index contributed by atoms with van der Waals surface area (Å²) < 4.78 is 15.5. The lowest BCUT2D eigenvalue weighted by Gasteiger charge is -2.26. The normalized spacial score (nSPS) is 15.5. The highest BCUT2D eigenvalue weighted by atomic mass is 35.5. The number of rotatable bonds is 10. The summed E-state index contributed by atoms with van der Waals surface area (Å²) in [5.41, 5.74) is 12.5. The number of aliphatic hydroxyl groups is 1. The molecule has 0 atom stereocenters. The van der Waals surface area contributed by atoms with Crippen LogP contribution < -0.4 is 16.2 Å². The number of aliphatic hydroxyl groups excluding tert-OH is 1. The number of amides is 1. The van der Waals surface area contributed by atoms with Crippen molar-refractivity contribution in [1.82, 2.24) is 14.8 Å². The van der Waals surface area contributed by atoms with E-state index in [0.717, 1.165) is 46.4 Å². The van der Waals surface area contributed by atoms with Gasteiger partial charge in [0, 0.05) is 26.7 Å². The smallest absolute Gasteiger partial charge is 0.338 e. The molecular formula is C29H44ClN5O6. The molecule has 2 aliphatic rings. The largest absolute Gasteiger partial charge is 0.480 e. The lowest BCUT2D eigenvalue weighted by Crippen LogP contribution is -2.38. The van der Waals surface area contributed by atoms with E-state index in [0.29, 0.717) is 12.2 Å². The second kappa shape index (κ2) is 19.2. The fourth-order valence-corrected chi connectivity index (χ4v) is 4.64. The SMILES string of the molecule is CO.COc1nc(N)c(Cl)cc1C(N)=O.O=C(OCCN1CCOCC1)c1ccc(CCCN2CCCCC2)cc1. The molecule has 2 fully saturated rings. The Morgan fingerprint density at radius 2 is 1.66 bits per heavy atom. The van der Waals surface area contributed by atoms with Crippen molar-refractivity contribution in [1.29, 1.82) is 0 Å². The van der Waals surface area contributed by atoms with Crippen LogP contribution >= 0.6 is 11.6 Å². The van der Waals surface area contributed by atoms with E-state index >= 15 is 0 Å². The maximum absolute atomic E-state index is 12.1. The molecule has 0 spiro atoms. The van der Waals surface area contributed by atoms with E-state index in [4.69, 9.17) is 42.4 Å². The van der Waals surface area contributed by atoms with Crippen LogP contribution in [0.4, 0.5) is 5.82 Å². The van der Waals surface area contributed by atoms with Gasteiger partial charge in [-0.25, -0.2) is 4.79 Å². The number of benzene rings is 1. The van der Waals surface area contributed by atoms with Crippen LogP contribution in [0.25, 0.3) is 0 Å². The molecule has 0 radical (unpaired) electrons. The number of likely N-dealkylation sites (tertiary alicyclic amines) is 1. The second-order valence-electron chi connectivity index (χ2n) is 9.57. The minimum Gasteiger partial charge on any atom is -0.480 e. The monoisotopic (exact) mass is 593 g/mol. The summed E-state index contributed by atoms with van der Waals surface area (Å²) in [6.07, 6.45) is 6.34. The molecule has 41 heavy (non-hydrogen) atoms. The summed E-state index contributed by atoms with van der Waals surface area (Å²) in [6, 6.07) is 9.25. The van der Waals surface area contributed by atoms with Crippen molar-refractivity contribution in [3.63, 3.8) is 0 Å². The summed E-state index contributed by atoms with van der Waals surface area (Å²) in [4.78, 5) is 31.6. The molecule has 0 unspecified atom stereocenters. The van der Waals surface area contributed by atoms with Gasteiger partial charge in [0.15, 0.2) is 0 Å². The van der Waals surface area contributed by atoms with Crippen molar-refractivity contribution in [3.8, 4) is 5.88 Å². The molecule has 2 aromatic rings. The molecule has 1 amide bonds. The van der Waals surface area contributed by atoms with E-state index in [1.807, 2.05) is 12.1 Å². The van der Waals surface area contributed by atoms with E-state index in [1.165, 1.54) is 64.1 Å². The highest BCUT2D eigenvalue weighted by Gasteiger charge is 2.14. The number of hydrogen-bond acceptors (Lipinski definition) is 10. The Hall–Kier alpha value is -2.96. The first-order valence-electron chi connectivity index (χ1n) is 13.9. The molecular weight excluding hydrogens is 550 g/mol. The van der Waals surface area contributed by atoms with Crippen molar-refractivity contribution in [3.05, 3.63) is 52.0 Å². The van der Waals surface area contributed by atoms with E-state index < -0.39 is 5.91 Å². The molecule has 2 saturated heterocycles. The van der Waals surface area contributed by atoms with Crippen LogP contribution in [-0.2, 0) is 15.9 Å². The maximum Gasteiger partial charge on any atom is 0.338 e. The average Bonchev–Trinajstić information content (AvgIpc) is 3.01. The predicted molar refractivity (Wildman–Crippen MR) is 159 cm³/mol. The molecule has 0 bridgehead atoms. The second-order valence-corrected chi connectivity index (χ2v) is 9.98. The number of aryl methyl sites for hydroxylation is 1. The molecule has 0 saturated carbocycles. The number of anilines is 1. The molecule has 11 nitrogen and oxygen atoms in total. The molecule has 12 heteroatoms. The van der Waals surface area contributed by atoms with Crippen LogP contribution in [-0.4, -0.2) is 105 Å². The van der Waals surface area contributed by atoms with Crippen LogP contribution in [0.15, 0.2) is 30.3 Å². The summed E-state index contributed by atoms with van der Waals surface area (Å²) >= 11 is 5.64. The number of nitrogens with zero attached hydrogens (tertiary/aromatic N) is 3. The number of nitrogens with two attached hydrogens (primary N) is 2. The Balaban J connectivity index is 0.000000330. The zero-order valence-electron chi connectivity index (χ0n) is 24.1. The Morgan fingerprint density at radius 3 is 2.27 bits per heavy atom. The van der Waals surface area contributed by atoms with Gasteiger partial charge < -0.3 is 35.7 Å². The standard InChI is InChI=1S/C21H32N2O3.C7H8ClN3O2.CH4O/c24-21(26-18-15-23-13-16-25-17-14-23)20-8-6-19(7-9-20)5-4-12-22-10-2-1-3-11-22;1-13-7-3(6(10)12)2-4(8)5(9)11-7;1-2/h6-9H,1-5,10-18H2;2H,1H3,(H2,9,11)(H2,10,12);2H,1H3. The molecule has 4 rings (SSSR count). The number of esters is 1. The number of primary amides is 1. The lowest BCUT2D eigenvalue weighted by atomic mass is 10.1. The first-order valence-corrected chi connectivity index (χ1v) is 14.3. The number of methoxy groups -OCH3 is 1. The highest BCUT2D eigenvalue weighted by Crippen LogP contribution is 2.24. The quantitative estimate of drug-likeness (QED) is 0.350. The number of aromatic nitrogens is 1. The highest BCUT2D eigenvalue weighted by molar-refractivity contribution is 6.33. The third-order valence-electron chi connectivity index (χ3n) is 6.75. The molecule has 3 heterocycles. The minimum atomic E-state index is -0.661. The number of hydrogen-bond donors (Lipinski definition) is 3. The van der Waals surface area contributed by atoms with Gasteiger partial charge >= 0.3 is 5.97 Å². The number of pyridine rings is 1. The average molecular weight is 594 g/mol. The van der Waals surface area contributed by atoms with Crippen molar-refractivity contribution in [2.45, 2.75) is 32.1 Å². The minimum absolute atomic E-state index is 0.0781. The molecule has 0 aliphatic carbocycles. The Bertz CT molecular complexity index is 1060. The molecule has 228 valence electrons. The lowest BCUT2D eigenvalue weighted by molar-refractivity contribution is 0.0195. The number of morpholine rings is 1. The number of ether oxygens (including phenoxy) is 3. The van der Waals surface area contributed by atoms with Crippen molar-refractivity contribution in [2.24, 2.45) is 5.73 Å². The van der Waals surface area contributed by atoms with Crippen molar-refractivity contribution < 1.29 is 28.9 Å². The van der Waals surface area contributed by atoms with Gasteiger partial charge in [-0.15, -0.1) is 0 Å². The first kappa shape index (κ1) is 34.2. The topological polar surface area (TPSA) is 153 Å². The van der Waals surface area contributed by atoms with Gasteiger partial charge in [-0.3, -0.25) is 9.69 Å². The first-order chi connectivity index (χ1) is 19.9. The van der Waals surface area contributed by atoms with Gasteiger partial charge in [0.2, 0.25) is 5.88 Å². The molecule has 5 N–H and O–H groups in total. The zero-order chi connectivity index (χ0) is 30.0. The molecule has 1 aromatic heterocycles. The fraction of sp³-hybridized carbons (Fsp3) is 0.552. The van der Waals surface area contributed by atoms with Crippen LogP contribution in [0.2, 0.25) is 5.02 Å². The van der Waals surface area contributed by atoms with Crippen LogP contribution in [0.3, 0.4) is 0 Å². The fourth-order valence-electron chi connectivity index (χ4n) is 4.49. The number of carbonyl (C=O) groups is 2. The van der Waals surface area contributed by atoms with Crippen LogP contribution in [0, 0.1) is 0 Å². The summed E-state index contributed by atoms with van der Waals surface area (Å²) in [7, 11) is 2.36. The van der Waals surface area contributed by atoms with E-state index in [2.05, 4.69) is 26.9 Å². The van der Waals surface area contributed by atoms with Crippen LogP contribution in [0.5, 0.6) is 5.88 Å². The van der Waals surface area contributed by atoms with Gasteiger partial charge in [-0.05, 0) is 69.1 Å². The summed E-state index contributed by atoms with van der Waals surface area (Å²) in [6.45, 7) is 8.31. The van der Waals surface area contributed by atoms with Gasteiger partial charge in [-0.2, -0.15) is 4.98 Å². The number of nitrogen functional groups attached to an aromatic ring is 1. The molecule has 2 aliphatic heterocycles. The van der Waals surface area contributed by atoms with Crippen LogP contribution in [0.1, 0.15) is 52.0 Å². The summed E-state index contributed by atoms with van der Waals surface area (Å²) in [5, 5.41) is 7.18. The van der Waals surface area contributed by atoms with Crippen molar-refractivity contribution in [2.75, 3.05) is 79.0 Å². The third kappa shape index (κ3) is 12.2. The Morgan fingerprint density at radius 1 is 1.02 bits per heavy atom. The van der Waals surface area contributed by atoms with E-state index in [-0.39, 0.29) is 28.3 Å². The Labute approximate surface area is 247 Å². The number of halogens is 1. The van der Waals surface area contributed by atoms with E-state index in [9.17, 15) is 9.59 Å².